The van der Waals surface area contributed by atoms with Gasteiger partial charge in [0.15, 0.2) is 0 Å². The minimum Gasteiger partial charge on any atom is -0.396 e. The summed E-state index contributed by atoms with van der Waals surface area (Å²) in [5, 5.41) is 18.5. The molecule has 0 bridgehead atoms. The second-order valence-electron chi connectivity index (χ2n) is 5.74. The number of aliphatic hydroxyl groups excluding tert-OH is 1. The van der Waals surface area contributed by atoms with Crippen LogP contribution in [0.5, 0.6) is 0 Å². The summed E-state index contributed by atoms with van der Waals surface area (Å²) in [7, 11) is 0. The van der Waals surface area contributed by atoms with Crippen LogP contribution in [0.25, 0.3) is 0 Å². The van der Waals surface area contributed by atoms with E-state index in [9.17, 15) is 4.79 Å². The number of aromatic nitrogens is 2. The Labute approximate surface area is 108 Å². The summed E-state index contributed by atoms with van der Waals surface area (Å²) < 4.78 is 0. The van der Waals surface area contributed by atoms with Crippen LogP contribution in [0.15, 0.2) is 6.07 Å². The zero-order valence-electron chi connectivity index (χ0n) is 11.6. The van der Waals surface area contributed by atoms with Crippen molar-refractivity contribution in [2.45, 2.75) is 39.5 Å². The highest BCUT2D eigenvalue weighted by Crippen LogP contribution is 2.20. The Balaban J connectivity index is 2.55. The minimum atomic E-state index is -0.175. The molecule has 1 atom stereocenters. The number of hydrogen-bond donors (Lipinski definition) is 3. The van der Waals surface area contributed by atoms with Crippen molar-refractivity contribution >= 4 is 5.91 Å². The predicted molar refractivity (Wildman–Crippen MR) is 70.5 cm³/mol. The van der Waals surface area contributed by atoms with Crippen LogP contribution in [-0.4, -0.2) is 34.4 Å². The van der Waals surface area contributed by atoms with Gasteiger partial charge in [-0.25, -0.2) is 0 Å². The van der Waals surface area contributed by atoms with E-state index in [1.54, 1.807) is 6.07 Å². The van der Waals surface area contributed by atoms with E-state index in [4.69, 9.17) is 5.11 Å². The highest BCUT2D eigenvalue weighted by Gasteiger charge is 2.19. The summed E-state index contributed by atoms with van der Waals surface area (Å²) in [5.74, 6) is 0.0894. The van der Waals surface area contributed by atoms with Crippen molar-refractivity contribution in [3.8, 4) is 0 Å². The number of nitrogens with zero attached hydrogens (tertiary/aromatic N) is 1. The van der Waals surface area contributed by atoms with Gasteiger partial charge in [-0.05, 0) is 18.4 Å². The van der Waals surface area contributed by atoms with Crippen molar-refractivity contribution in [2.24, 2.45) is 5.92 Å². The van der Waals surface area contributed by atoms with Gasteiger partial charge in [-0.2, -0.15) is 5.10 Å². The van der Waals surface area contributed by atoms with Gasteiger partial charge < -0.3 is 10.4 Å². The molecule has 18 heavy (non-hydrogen) atoms. The fraction of sp³-hybridized carbons (Fsp3) is 0.692. The Morgan fingerprint density at radius 3 is 2.72 bits per heavy atom. The number of aliphatic hydroxyl groups is 1. The summed E-state index contributed by atoms with van der Waals surface area (Å²) in [6.07, 6.45) is 0.689. The Morgan fingerprint density at radius 2 is 2.22 bits per heavy atom. The van der Waals surface area contributed by atoms with E-state index in [0.717, 1.165) is 5.69 Å². The molecule has 0 aliphatic carbocycles. The van der Waals surface area contributed by atoms with Crippen LogP contribution in [-0.2, 0) is 5.41 Å². The summed E-state index contributed by atoms with van der Waals surface area (Å²) in [6, 6.07) is 1.78. The van der Waals surface area contributed by atoms with Gasteiger partial charge in [0.1, 0.15) is 5.69 Å². The molecule has 5 heteroatoms. The normalized spacial score (nSPS) is 13.4. The van der Waals surface area contributed by atoms with Crippen LogP contribution in [0.4, 0.5) is 0 Å². The minimum absolute atomic E-state index is 0.0459. The molecule has 1 amide bonds. The van der Waals surface area contributed by atoms with Crippen LogP contribution in [0.3, 0.4) is 0 Å². The second-order valence-corrected chi connectivity index (χ2v) is 5.74. The highest BCUT2D eigenvalue weighted by molar-refractivity contribution is 5.92. The molecule has 0 fully saturated rings. The number of nitrogens with one attached hydrogen (secondary N) is 2. The molecule has 0 saturated heterocycles. The number of carbonyl (C=O) groups is 1. The van der Waals surface area contributed by atoms with E-state index in [0.29, 0.717) is 18.7 Å². The molecule has 0 aliphatic heterocycles. The van der Waals surface area contributed by atoms with E-state index >= 15 is 0 Å². The zero-order chi connectivity index (χ0) is 13.8. The average molecular weight is 253 g/mol. The second kappa shape index (κ2) is 6.00. The van der Waals surface area contributed by atoms with Crippen molar-refractivity contribution < 1.29 is 9.90 Å². The molecule has 1 aromatic heterocycles. The Kier molecular flexibility index (Phi) is 4.90. The molecule has 0 saturated carbocycles. The first-order valence-electron chi connectivity index (χ1n) is 6.29. The third-order valence-corrected chi connectivity index (χ3v) is 2.85. The maximum atomic E-state index is 11.8. The number of aromatic amines is 1. The number of carbonyl (C=O) groups excluding carboxylic acids is 1. The molecule has 1 unspecified atom stereocenters. The first kappa shape index (κ1) is 14.7. The van der Waals surface area contributed by atoms with Gasteiger partial charge in [0.2, 0.25) is 0 Å². The van der Waals surface area contributed by atoms with Gasteiger partial charge in [-0.15, -0.1) is 0 Å². The molecular weight excluding hydrogens is 230 g/mol. The van der Waals surface area contributed by atoms with Crippen LogP contribution >= 0.6 is 0 Å². The molecule has 1 aromatic rings. The first-order valence-corrected chi connectivity index (χ1v) is 6.29. The van der Waals surface area contributed by atoms with Gasteiger partial charge in [0.25, 0.3) is 5.91 Å². The van der Waals surface area contributed by atoms with E-state index < -0.39 is 0 Å². The lowest BCUT2D eigenvalue weighted by molar-refractivity contribution is 0.0940. The van der Waals surface area contributed by atoms with Crippen molar-refractivity contribution in [1.29, 1.82) is 0 Å². The van der Waals surface area contributed by atoms with Crippen LogP contribution in [0.1, 0.15) is 50.3 Å². The lowest BCUT2D eigenvalue weighted by atomic mass is 9.92. The van der Waals surface area contributed by atoms with Crippen LogP contribution in [0.2, 0.25) is 0 Å². The van der Waals surface area contributed by atoms with Gasteiger partial charge >= 0.3 is 0 Å². The standard InChI is InChI=1S/C13H23N3O2/c1-9(5-6-17)8-14-12(18)10-7-11(16-15-10)13(2,3)4/h7,9,17H,5-6,8H2,1-4H3,(H,14,18)(H,15,16). The molecule has 102 valence electrons. The molecule has 3 N–H and O–H groups in total. The first-order chi connectivity index (χ1) is 8.34. The van der Waals surface area contributed by atoms with Crippen molar-refractivity contribution in [2.75, 3.05) is 13.2 Å². The topological polar surface area (TPSA) is 78.0 Å². The highest BCUT2D eigenvalue weighted by atomic mass is 16.3. The molecule has 0 aliphatic rings. The molecule has 0 spiro atoms. The van der Waals surface area contributed by atoms with Crippen molar-refractivity contribution in [3.05, 3.63) is 17.5 Å². The Hall–Kier alpha value is -1.36. The number of hydrogen-bond acceptors (Lipinski definition) is 3. The molecule has 0 radical (unpaired) electrons. The fourth-order valence-electron chi connectivity index (χ4n) is 1.50. The maximum absolute atomic E-state index is 11.8. The summed E-state index contributed by atoms with van der Waals surface area (Å²) in [6.45, 7) is 8.87. The van der Waals surface area contributed by atoms with E-state index in [-0.39, 0.29) is 23.8 Å². The number of amides is 1. The summed E-state index contributed by atoms with van der Waals surface area (Å²) in [5.41, 5.74) is 1.31. The predicted octanol–water partition coefficient (Wildman–Crippen LogP) is 1.46. The largest absolute Gasteiger partial charge is 0.396 e. The van der Waals surface area contributed by atoms with E-state index in [2.05, 4.69) is 36.3 Å². The van der Waals surface area contributed by atoms with E-state index in [1.807, 2.05) is 6.92 Å². The Morgan fingerprint density at radius 1 is 1.56 bits per heavy atom. The van der Waals surface area contributed by atoms with E-state index in [1.165, 1.54) is 0 Å². The van der Waals surface area contributed by atoms with Gasteiger partial charge in [-0.1, -0.05) is 27.7 Å². The third-order valence-electron chi connectivity index (χ3n) is 2.85. The van der Waals surface area contributed by atoms with Gasteiger partial charge in [0.05, 0.1) is 0 Å². The Bertz CT molecular complexity index is 393. The molecule has 1 heterocycles. The molecular formula is C13H23N3O2. The zero-order valence-corrected chi connectivity index (χ0v) is 11.6. The summed E-state index contributed by atoms with van der Waals surface area (Å²) >= 11 is 0. The molecule has 5 nitrogen and oxygen atoms in total. The van der Waals surface area contributed by atoms with Gasteiger partial charge in [-0.3, -0.25) is 9.89 Å². The molecule has 0 aromatic carbocycles. The number of rotatable bonds is 5. The van der Waals surface area contributed by atoms with Crippen molar-refractivity contribution in [3.63, 3.8) is 0 Å². The van der Waals surface area contributed by atoms with Crippen molar-refractivity contribution in [1.82, 2.24) is 15.5 Å². The maximum Gasteiger partial charge on any atom is 0.271 e. The SMILES string of the molecule is CC(CCO)CNC(=O)c1cc(C(C)(C)C)[nH]n1. The fourth-order valence-corrected chi connectivity index (χ4v) is 1.50. The summed E-state index contributed by atoms with van der Waals surface area (Å²) in [4.78, 5) is 11.8. The monoisotopic (exact) mass is 253 g/mol. The third kappa shape index (κ3) is 4.14. The quantitative estimate of drug-likeness (QED) is 0.743. The smallest absolute Gasteiger partial charge is 0.271 e. The van der Waals surface area contributed by atoms with Crippen LogP contribution < -0.4 is 5.32 Å². The number of H-pyrrole nitrogens is 1. The average Bonchev–Trinajstić information content (AvgIpc) is 2.75. The van der Waals surface area contributed by atoms with Gasteiger partial charge in [0, 0.05) is 24.3 Å². The van der Waals surface area contributed by atoms with Crippen LogP contribution in [0, 0.1) is 5.92 Å². The lowest BCUT2D eigenvalue weighted by Gasteiger charge is -2.14. The molecule has 1 rings (SSSR count). The lowest BCUT2D eigenvalue weighted by Crippen LogP contribution is -2.28.